The summed E-state index contributed by atoms with van der Waals surface area (Å²) in [6.07, 6.45) is 0. The van der Waals surface area contributed by atoms with E-state index in [1.54, 1.807) is 6.92 Å². The van der Waals surface area contributed by atoms with Crippen molar-refractivity contribution < 1.29 is 12.8 Å². The third kappa shape index (κ3) is 3.28. The van der Waals surface area contributed by atoms with Gasteiger partial charge in [0.2, 0.25) is 0 Å². The van der Waals surface area contributed by atoms with Crippen LogP contribution in [0.25, 0.3) is 0 Å². The average Bonchev–Trinajstić information content (AvgIpc) is 2.36. The molecule has 0 radical (unpaired) electrons. The van der Waals surface area contributed by atoms with Crippen molar-refractivity contribution in [1.29, 1.82) is 0 Å². The topological polar surface area (TPSA) is 59.1 Å². The van der Waals surface area contributed by atoms with Crippen LogP contribution in [-0.4, -0.2) is 13.4 Å². The summed E-state index contributed by atoms with van der Waals surface area (Å²) in [6.45, 7) is 1.62. The van der Waals surface area contributed by atoms with Crippen molar-refractivity contribution in [3.8, 4) is 0 Å². The number of nitrogens with one attached hydrogen (secondary N) is 1. The van der Waals surface area contributed by atoms with Gasteiger partial charge in [-0.3, -0.25) is 4.72 Å². The van der Waals surface area contributed by atoms with Crippen LogP contribution in [0.4, 0.5) is 10.1 Å². The van der Waals surface area contributed by atoms with E-state index in [0.29, 0.717) is 5.69 Å². The SMILES string of the molecule is Cc1nc(Cl)ccc1NS(=O)(=O)c1ccc(Br)c(F)c1. The van der Waals surface area contributed by atoms with Crippen molar-refractivity contribution in [2.24, 2.45) is 0 Å². The van der Waals surface area contributed by atoms with E-state index in [9.17, 15) is 12.8 Å². The van der Waals surface area contributed by atoms with E-state index >= 15 is 0 Å². The largest absolute Gasteiger partial charge is 0.278 e. The van der Waals surface area contributed by atoms with Gasteiger partial charge in [0.15, 0.2) is 0 Å². The second-order valence-electron chi connectivity index (χ2n) is 3.95. The van der Waals surface area contributed by atoms with E-state index in [1.807, 2.05) is 0 Å². The lowest BCUT2D eigenvalue weighted by molar-refractivity contribution is 0.593. The van der Waals surface area contributed by atoms with Crippen LogP contribution >= 0.6 is 27.5 Å². The first-order chi connectivity index (χ1) is 9.29. The third-order valence-electron chi connectivity index (χ3n) is 2.50. The Morgan fingerprint density at radius 2 is 2.00 bits per heavy atom. The molecule has 0 fully saturated rings. The zero-order valence-corrected chi connectivity index (χ0v) is 13.4. The van der Waals surface area contributed by atoms with Gasteiger partial charge in [0, 0.05) is 0 Å². The molecule has 2 rings (SSSR count). The van der Waals surface area contributed by atoms with E-state index in [-0.39, 0.29) is 20.2 Å². The molecule has 1 heterocycles. The molecule has 0 saturated heterocycles. The maximum Gasteiger partial charge on any atom is 0.262 e. The minimum absolute atomic E-state index is 0.174. The van der Waals surface area contributed by atoms with Gasteiger partial charge < -0.3 is 0 Å². The third-order valence-corrected chi connectivity index (χ3v) is 4.71. The number of rotatable bonds is 3. The van der Waals surface area contributed by atoms with Crippen molar-refractivity contribution in [2.75, 3.05) is 4.72 Å². The zero-order valence-electron chi connectivity index (χ0n) is 10.2. The van der Waals surface area contributed by atoms with Crippen molar-refractivity contribution in [3.63, 3.8) is 0 Å². The molecule has 0 amide bonds. The summed E-state index contributed by atoms with van der Waals surface area (Å²) in [4.78, 5) is 3.77. The van der Waals surface area contributed by atoms with Gasteiger partial charge in [-0.25, -0.2) is 17.8 Å². The number of halogens is 3. The highest BCUT2D eigenvalue weighted by atomic mass is 79.9. The first-order valence-corrected chi connectivity index (χ1v) is 8.06. The van der Waals surface area contributed by atoms with Crippen LogP contribution in [0, 0.1) is 12.7 Å². The number of anilines is 1. The number of benzene rings is 1. The quantitative estimate of drug-likeness (QED) is 0.826. The molecular weight excluding hydrogens is 371 g/mol. The molecule has 0 spiro atoms. The minimum Gasteiger partial charge on any atom is -0.278 e. The molecule has 0 saturated carbocycles. The summed E-state index contributed by atoms with van der Waals surface area (Å²) in [5, 5.41) is 0.264. The predicted molar refractivity (Wildman–Crippen MR) is 78.9 cm³/mol. The normalized spacial score (nSPS) is 11.4. The van der Waals surface area contributed by atoms with Gasteiger partial charge >= 0.3 is 0 Å². The van der Waals surface area contributed by atoms with Crippen LogP contribution in [0.5, 0.6) is 0 Å². The summed E-state index contributed by atoms with van der Waals surface area (Å²) in [7, 11) is -3.88. The van der Waals surface area contributed by atoms with Crippen LogP contribution in [0.15, 0.2) is 39.7 Å². The molecule has 0 bridgehead atoms. The van der Waals surface area contributed by atoms with E-state index in [1.165, 1.54) is 24.3 Å². The Kier molecular flexibility index (Phi) is 4.31. The molecule has 20 heavy (non-hydrogen) atoms. The second kappa shape index (κ2) is 5.67. The first-order valence-electron chi connectivity index (χ1n) is 5.40. The standard InChI is InChI=1S/C12H9BrClFN2O2S/c1-7-11(4-5-12(14)16-7)17-20(18,19)8-2-3-9(13)10(15)6-8/h2-6,17H,1H3. The molecule has 0 aliphatic rings. The highest BCUT2D eigenvalue weighted by Gasteiger charge is 2.17. The van der Waals surface area contributed by atoms with Crippen LogP contribution in [0.3, 0.4) is 0 Å². The number of aromatic nitrogens is 1. The van der Waals surface area contributed by atoms with Gasteiger partial charge in [0.25, 0.3) is 10.0 Å². The Labute approximate surface area is 129 Å². The Hall–Kier alpha value is -1.18. The number of aryl methyl sites for hydroxylation is 1. The fourth-order valence-electron chi connectivity index (χ4n) is 1.49. The van der Waals surface area contributed by atoms with Crippen molar-refractivity contribution in [1.82, 2.24) is 4.98 Å². The van der Waals surface area contributed by atoms with Crippen molar-refractivity contribution in [3.05, 3.63) is 51.5 Å². The Bertz CT molecular complexity index is 768. The van der Waals surface area contributed by atoms with Crippen LogP contribution in [0.1, 0.15) is 5.69 Å². The number of nitrogens with zero attached hydrogens (tertiary/aromatic N) is 1. The van der Waals surface area contributed by atoms with Gasteiger partial charge in [-0.15, -0.1) is 0 Å². The van der Waals surface area contributed by atoms with Gasteiger partial charge in [0.05, 0.1) is 20.7 Å². The van der Waals surface area contributed by atoms with Gasteiger partial charge in [-0.05, 0) is 53.2 Å². The number of hydrogen-bond donors (Lipinski definition) is 1. The summed E-state index contributed by atoms with van der Waals surface area (Å²) < 4.78 is 40.2. The molecule has 1 aromatic heterocycles. The molecule has 0 aliphatic carbocycles. The van der Waals surface area contributed by atoms with Crippen LogP contribution < -0.4 is 4.72 Å². The van der Waals surface area contributed by atoms with E-state index in [2.05, 4.69) is 25.6 Å². The van der Waals surface area contributed by atoms with Crippen LogP contribution in [0.2, 0.25) is 5.15 Å². The highest BCUT2D eigenvalue weighted by molar-refractivity contribution is 9.10. The van der Waals surface area contributed by atoms with E-state index in [0.717, 1.165) is 6.07 Å². The Balaban J connectivity index is 2.38. The predicted octanol–water partition coefficient (Wildman–Crippen LogP) is 3.75. The van der Waals surface area contributed by atoms with E-state index < -0.39 is 15.8 Å². The second-order valence-corrected chi connectivity index (χ2v) is 6.87. The molecule has 4 nitrogen and oxygen atoms in total. The molecular formula is C12H9BrClFN2O2S. The first kappa shape index (κ1) is 15.2. The molecule has 106 valence electrons. The number of pyridine rings is 1. The molecule has 0 atom stereocenters. The van der Waals surface area contributed by atoms with Crippen molar-refractivity contribution in [2.45, 2.75) is 11.8 Å². The van der Waals surface area contributed by atoms with Gasteiger partial charge in [-0.2, -0.15) is 0 Å². The van der Waals surface area contributed by atoms with Crippen LogP contribution in [-0.2, 0) is 10.0 Å². The lowest BCUT2D eigenvalue weighted by atomic mass is 10.3. The van der Waals surface area contributed by atoms with Crippen molar-refractivity contribution >= 4 is 43.2 Å². The monoisotopic (exact) mass is 378 g/mol. The molecule has 8 heteroatoms. The minimum atomic E-state index is -3.88. The summed E-state index contributed by atoms with van der Waals surface area (Å²) in [6, 6.07) is 6.53. The van der Waals surface area contributed by atoms with E-state index in [4.69, 9.17) is 11.6 Å². The summed E-state index contributed by atoms with van der Waals surface area (Å²) in [5.74, 6) is -0.654. The Morgan fingerprint density at radius 1 is 1.30 bits per heavy atom. The lowest BCUT2D eigenvalue weighted by Gasteiger charge is -2.10. The summed E-state index contributed by atoms with van der Waals surface area (Å²) >= 11 is 8.67. The lowest BCUT2D eigenvalue weighted by Crippen LogP contribution is -2.14. The Morgan fingerprint density at radius 3 is 2.60 bits per heavy atom. The smallest absolute Gasteiger partial charge is 0.262 e. The van der Waals surface area contributed by atoms with Gasteiger partial charge in [-0.1, -0.05) is 11.6 Å². The maximum atomic E-state index is 13.4. The summed E-state index contributed by atoms with van der Waals surface area (Å²) in [5.41, 5.74) is 0.719. The highest BCUT2D eigenvalue weighted by Crippen LogP contribution is 2.23. The number of hydrogen-bond acceptors (Lipinski definition) is 3. The maximum absolute atomic E-state index is 13.4. The molecule has 1 N–H and O–H groups in total. The van der Waals surface area contributed by atoms with Gasteiger partial charge in [0.1, 0.15) is 11.0 Å². The average molecular weight is 380 g/mol. The fraction of sp³-hybridized carbons (Fsp3) is 0.0833. The zero-order chi connectivity index (χ0) is 14.9. The molecule has 2 aromatic rings. The number of sulfonamides is 1. The fourth-order valence-corrected chi connectivity index (χ4v) is 3.05. The molecule has 0 unspecified atom stereocenters. The molecule has 1 aromatic carbocycles. The molecule has 0 aliphatic heterocycles.